The molecule has 11 aromatic rings. The van der Waals surface area contributed by atoms with E-state index in [1.165, 1.54) is 35.4 Å². The Morgan fingerprint density at radius 1 is 0.257 bits per heavy atom. The second-order valence-electron chi connectivity index (χ2n) is 18.0. The van der Waals surface area contributed by atoms with Gasteiger partial charge in [0.25, 0.3) is 0 Å². The molecule has 2 aliphatic rings. The van der Waals surface area contributed by atoms with Crippen LogP contribution in [-0.4, -0.2) is 8.07 Å². The van der Waals surface area contributed by atoms with E-state index in [9.17, 15) is 0 Å². The third-order valence-electron chi connectivity index (χ3n) is 14.1. The summed E-state index contributed by atoms with van der Waals surface area (Å²) in [5.74, 6) is 0. The fourth-order valence-corrected chi connectivity index (χ4v) is 20.6. The molecule has 0 saturated heterocycles. The highest BCUT2D eigenvalue weighted by Crippen LogP contribution is 2.56. The van der Waals surface area contributed by atoms with Gasteiger partial charge in [0, 0.05) is 23.7 Å². The smallest absolute Gasteiger partial charge is 0.0903 e. The topological polar surface area (TPSA) is 0 Å². The summed E-state index contributed by atoms with van der Waals surface area (Å²) < 4.78 is 27.5. The molecule has 13 rings (SSSR count). The van der Waals surface area contributed by atoms with Crippen LogP contribution in [0.4, 0.5) is 0 Å². The van der Waals surface area contributed by atoms with Crippen LogP contribution in [0.3, 0.4) is 0 Å². The molecule has 0 radical (unpaired) electrons. The highest BCUT2D eigenvalue weighted by Gasteiger charge is 2.51. The zero-order valence-corrected chi connectivity index (χ0v) is 40.8. The molecule has 0 atom stereocenters. The summed E-state index contributed by atoms with van der Waals surface area (Å²) in [4.78, 5) is 4.73. The Morgan fingerprint density at radius 2 is 0.543 bits per heavy atom. The lowest BCUT2D eigenvalue weighted by Gasteiger charge is -2.44. The summed E-state index contributed by atoms with van der Waals surface area (Å²) in [6, 6.07) is 93.8. The molecule has 0 nitrogen and oxygen atoms in total. The quantitative estimate of drug-likeness (QED) is 0.146. The molecule has 2 aliphatic heterocycles. The van der Waals surface area contributed by atoms with Gasteiger partial charge >= 0.3 is 0 Å². The molecule has 0 bridgehead atoms. The van der Waals surface area contributed by atoms with Crippen molar-refractivity contribution in [2.75, 3.05) is 0 Å². The van der Waals surface area contributed by atoms with Crippen molar-refractivity contribution in [2.45, 2.75) is 26.4 Å². The van der Waals surface area contributed by atoms with Crippen LogP contribution < -0.4 is 20.7 Å². The lowest BCUT2D eigenvalue weighted by molar-refractivity contribution is 1.34. The maximum Gasteiger partial charge on any atom is 0.184 e. The molecule has 70 heavy (non-hydrogen) atoms. The van der Waals surface area contributed by atoms with E-state index in [4.69, 9.17) is 4.11 Å². The average molecular weight is 946 g/mol. The Hall–Kier alpha value is -7.66. The maximum absolute atomic E-state index is 9.15. The lowest BCUT2D eigenvalue weighted by atomic mass is 9.74. The van der Waals surface area contributed by atoms with Gasteiger partial charge in [0.05, 0.1) is 0 Å². The first-order valence-electron chi connectivity index (χ1n) is 25.3. The molecular formula is C67H46S2Si. The van der Waals surface area contributed by atoms with E-state index in [1.54, 1.807) is 11.8 Å². The Labute approximate surface area is 424 Å². The maximum atomic E-state index is 9.15. The van der Waals surface area contributed by atoms with Gasteiger partial charge in [-0.25, -0.2) is 0 Å². The number of aryl methyl sites for hydroxylation is 1. The van der Waals surface area contributed by atoms with Crippen LogP contribution in [0.5, 0.6) is 0 Å². The number of hydrogen-bond acceptors (Lipinski definition) is 2. The molecule has 0 N–H and O–H groups in total. The summed E-state index contributed by atoms with van der Waals surface area (Å²) in [6.45, 7) is -2.38. The van der Waals surface area contributed by atoms with Crippen molar-refractivity contribution < 1.29 is 4.11 Å². The van der Waals surface area contributed by atoms with Crippen LogP contribution in [0.15, 0.2) is 280 Å². The van der Waals surface area contributed by atoms with Crippen LogP contribution >= 0.6 is 23.5 Å². The van der Waals surface area contributed by atoms with Crippen LogP contribution in [-0.2, 0) is 0 Å². The predicted octanol–water partition coefficient (Wildman–Crippen LogP) is 16.0. The molecule has 1 spiro atoms. The molecule has 0 unspecified atom stereocenters. The molecule has 3 heteroatoms. The Morgan fingerprint density at radius 3 is 0.886 bits per heavy atom. The van der Waals surface area contributed by atoms with Crippen LogP contribution in [0.1, 0.15) is 9.68 Å². The Bertz CT molecular complexity index is 3690. The molecule has 0 aromatic heterocycles. The van der Waals surface area contributed by atoms with Gasteiger partial charge in [0.15, 0.2) is 8.07 Å². The van der Waals surface area contributed by atoms with E-state index in [0.717, 1.165) is 82.8 Å². The van der Waals surface area contributed by atoms with Gasteiger partial charge in [-0.2, -0.15) is 0 Å². The summed E-state index contributed by atoms with van der Waals surface area (Å²) in [5, 5.41) is 5.28. The first kappa shape index (κ1) is 39.2. The standard InChI is InChI=1S/C67H46S2Si/c1-45-39-44-59-67(69-55-35-19-22-38-58(55)70(59)56-36-20-17-33-53(56)68-54-34-18-21-37-57(54)70)60(45)51-40-42-52(43-41-51)66-64(49-29-13-5-14-30-49)62(47-25-9-3-10-26-47)61(46-23-7-2-8-24-46)63(48-27-11-4-12-28-48)65(66)50-31-15-6-16-32-50/h2-44H,1H3/i1D3. The predicted molar refractivity (Wildman–Crippen MR) is 301 cm³/mol. The van der Waals surface area contributed by atoms with Crippen molar-refractivity contribution in [3.8, 4) is 77.9 Å². The lowest BCUT2D eigenvalue weighted by Crippen LogP contribution is -2.78. The van der Waals surface area contributed by atoms with Gasteiger partial charge in [-0.15, -0.1) is 0 Å². The van der Waals surface area contributed by atoms with Crippen LogP contribution in [0, 0.1) is 6.85 Å². The minimum absolute atomic E-state index is 0.363. The Kier molecular flexibility index (Phi) is 9.91. The van der Waals surface area contributed by atoms with Gasteiger partial charge in [0.2, 0.25) is 0 Å². The average Bonchev–Trinajstić information content (AvgIpc) is 3.45. The normalized spacial score (nSPS) is 13.7. The van der Waals surface area contributed by atoms with E-state index in [2.05, 4.69) is 255 Å². The number of benzene rings is 11. The third kappa shape index (κ3) is 6.83. The first-order chi connectivity index (χ1) is 35.9. The van der Waals surface area contributed by atoms with E-state index in [-0.39, 0.29) is 0 Å². The van der Waals surface area contributed by atoms with Crippen molar-refractivity contribution in [1.29, 1.82) is 0 Å². The molecule has 0 saturated carbocycles. The van der Waals surface area contributed by atoms with Crippen molar-refractivity contribution in [3.63, 3.8) is 0 Å². The number of hydrogen-bond donors (Lipinski definition) is 0. The van der Waals surface area contributed by atoms with Crippen molar-refractivity contribution >= 4 is 52.3 Å². The van der Waals surface area contributed by atoms with Gasteiger partial charge in [-0.05, 0) is 129 Å². The second kappa shape index (κ2) is 17.7. The second-order valence-corrected chi connectivity index (χ2v) is 23.8. The number of rotatable bonds is 7. The highest BCUT2D eigenvalue weighted by molar-refractivity contribution is 8.01. The van der Waals surface area contributed by atoms with E-state index in [1.807, 2.05) is 17.8 Å². The van der Waals surface area contributed by atoms with E-state index < -0.39 is 14.9 Å². The molecule has 0 aliphatic carbocycles. The molecule has 0 fully saturated rings. The first-order valence-corrected chi connectivity index (χ1v) is 27.5. The third-order valence-corrected chi connectivity index (χ3v) is 22.2. The number of fused-ring (bicyclic) bond motifs is 8. The van der Waals surface area contributed by atoms with E-state index in [0.29, 0.717) is 5.56 Å². The fourth-order valence-electron chi connectivity index (χ4n) is 11.3. The minimum Gasteiger partial charge on any atom is -0.0903 e. The minimum atomic E-state index is -2.99. The fraction of sp³-hybridized carbons (Fsp3) is 0.0149. The van der Waals surface area contributed by atoms with Gasteiger partial charge in [0.1, 0.15) is 0 Å². The molecule has 0 amide bonds. The molecule has 11 aromatic carbocycles. The van der Waals surface area contributed by atoms with Crippen LogP contribution in [0.25, 0.3) is 77.9 Å². The summed E-state index contributed by atoms with van der Waals surface area (Å²) >= 11 is 3.57. The van der Waals surface area contributed by atoms with Gasteiger partial charge < -0.3 is 0 Å². The summed E-state index contributed by atoms with van der Waals surface area (Å²) in [7, 11) is -2.99. The summed E-state index contributed by atoms with van der Waals surface area (Å²) in [6.07, 6.45) is 0. The van der Waals surface area contributed by atoms with Gasteiger partial charge in [-0.3, -0.25) is 0 Å². The molecular weight excluding hydrogens is 897 g/mol. The SMILES string of the molecule is [2H]C([2H])([2H])c1ccc2c(c1-c1ccc(-c3c(-c4ccccc4)c(-c4ccccc4)c(-c4ccccc4)c(-c4ccccc4)c3-c3ccccc3)cc1)Sc1ccccc1[Si]21c2ccccc2Sc2ccccc21. The van der Waals surface area contributed by atoms with Crippen LogP contribution in [0.2, 0.25) is 0 Å². The zero-order chi connectivity index (χ0) is 49.1. The van der Waals surface area contributed by atoms with Crippen molar-refractivity contribution in [1.82, 2.24) is 0 Å². The molecule has 2 heterocycles. The van der Waals surface area contributed by atoms with Crippen molar-refractivity contribution in [3.05, 3.63) is 266 Å². The van der Waals surface area contributed by atoms with Gasteiger partial charge in [-0.1, -0.05) is 266 Å². The largest absolute Gasteiger partial charge is 0.184 e. The monoisotopic (exact) mass is 945 g/mol. The van der Waals surface area contributed by atoms with E-state index >= 15 is 0 Å². The summed E-state index contributed by atoms with van der Waals surface area (Å²) in [5.41, 5.74) is 15.5. The Balaban J connectivity index is 1.13. The molecule has 330 valence electrons. The highest BCUT2D eigenvalue weighted by atomic mass is 32.2. The van der Waals surface area contributed by atoms with Crippen molar-refractivity contribution in [2.24, 2.45) is 0 Å². The zero-order valence-electron chi connectivity index (χ0n) is 41.1.